The Morgan fingerprint density at radius 2 is 2.14 bits per heavy atom. The Labute approximate surface area is 128 Å². The zero-order valence-electron chi connectivity index (χ0n) is 12.3. The summed E-state index contributed by atoms with van der Waals surface area (Å²) >= 11 is 1.50. The summed E-state index contributed by atoms with van der Waals surface area (Å²) in [5, 5.41) is 3.89. The fraction of sp³-hybridized carbons (Fsp3) is 0.667. The summed E-state index contributed by atoms with van der Waals surface area (Å²) in [6.07, 6.45) is 7.47. The first-order chi connectivity index (χ1) is 10.1. The van der Waals surface area contributed by atoms with Crippen molar-refractivity contribution < 1.29 is 4.79 Å². The van der Waals surface area contributed by atoms with Crippen LogP contribution in [0.25, 0.3) is 0 Å². The molecule has 1 N–H and O–H groups in total. The van der Waals surface area contributed by atoms with Gasteiger partial charge in [0.2, 0.25) is 5.91 Å². The van der Waals surface area contributed by atoms with E-state index in [0.29, 0.717) is 23.9 Å². The molecule has 1 aliphatic heterocycles. The lowest BCUT2D eigenvalue weighted by Gasteiger charge is -2.28. The van der Waals surface area contributed by atoms with Crippen LogP contribution in [0.2, 0.25) is 0 Å². The average Bonchev–Trinajstić information content (AvgIpc) is 2.52. The van der Waals surface area contributed by atoms with Crippen molar-refractivity contribution in [2.75, 3.05) is 5.75 Å². The molecule has 2 heterocycles. The van der Waals surface area contributed by atoms with Crippen LogP contribution in [0.4, 0.5) is 0 Å². The Morgan fingerprint density at radius 3 is 2.90 bits per heavy atom. The van der Waals surface area contributed by atoms with E-state index in [1.54, 1.807) is 17.7 Å². The van der Waals surface area contributed by atoms with Gasteiger partial charge in [-0.05, 0) is 19.8 Å². The second-order valence-electron chi connectivity index (χ2n) is 5.99. The Kier molecular flexibility index (Phi) is 4.33. The van der Waals surface area contributed by atoms with Crippen LogP contribution in [0.3, 0.4) is 0 Å². The molecule has 1 aromatic rings. The minimum atomic E-state index is -0.134. The number of aryl methyl sites for hydroxylation is 1. The number of fused-ring (bicyclic) bond motifs is 1. The van der Waals surface area contributed by atoms with Gasteiger partial charge in [0.05, 0.1) is 5.92 Å². The summed E-state index contributed by atoms with van der Waals surface area (Å²) in [5.74, 6) is 0.660. The number of rotatable bonds is 2. The SMILES string of the molecule is Cc1cnc2n(c1=O)CC(C(=O)NC1CCCCC1)CS2. The summed E-state index contributed by atoms with van der Waals surface area (Å²) in [7, 11) is 0. The van der Waals surface area contributed by atoms with E-state index in [2.05, 4.69) is 10.3 Å². The van der Waals surface area contributed by atoms with Crippen LogP contribution in [0, 0.1) is 12.8 Å². The number of nitrogens with one attached hydrogen (secondary N) is 1. The van der Waals surface area contributed by atoms with Crippen LogP contribution in [0.1, 0.15) is 37.7 Å². The number of thioether (sulfide) groups is 1. The molecule has 1 fully saturated rings. The summed E-state index contributed by atoms with van der Waals surface area (Å²) in [6.45, 7) is 2.22. The van der Waals surface area contributed by atoms with Crippen molar-refractivity contribution >= 4 is 17.7 Å². The summed E-state index contributed by atoms with van der Waals surface area (Å²) in [6, 6.07) is 0.324. The van der Waals surface area contributed by atoms with Gasteiger partial charge in [-0.3, -0.25) is 14.2 Å². The van der Waals surface area contributed by atoms with Crippen LogP contribution in [-0.2, 0) is 11.3 Å². The van der Waals surface area contributed by atoms with E-state index >= 15 is 0 Å². The molecule has 2 aliphatic rings. The molecule has 1 saturated carbocycles. The number of nitrogens with zero attached hydrogens (tertiary/aromatic N) is 2. The molecule has 0 aromatic carbocycles. The molecule has 0 spiro atoms. The normalized spacial score (nSPS) is 22.6. The van der Waals surface area contributed by atoms with E-state index in [9.17, 15) is 9.59 Å². The molecular weight excluding hydrogens is 286 g/mol. The van der Waals surface area contributed by atoms with Gasteiger partial charge in [-0.1, -0.05) is 31.0 Å². The summed E-state index contributed by atoms with van der Waals surface area (Å²) in [5.41, 5.74) is 0.607. The largest absolute Gasteiger partial charge is 0.353 e. The topological polar surface area (TPSA) is 64.0 Å². The zero-order chi connectivity index (χ0) is 14.8. The lowest BCUT2D eigenvalue weighted by molar-refractivity contribution is -0.125. The van der Waals surface area contributed by atoms with Crippen molar-refractivity contribution in [3.05, 3.63) is 22.1 Å². The maximum absolute atomic E-state index is 12.4. The van der Waals surface area contributed by atoms with Gasteiger partial charge in [-0.25, -0.2) is 4.98 Å². The van der Waals surface area contributed by atoms with Crippen molar-refractivity contribution in [2.45, 2.75) is 56.8 Å². The van der Waals surface area contributed by atoms with Crippen LogP contribution in [0.15, 0.2) is 16.1 Å². The van der Waals surface area contributed by atoms with Crippen molar-refractivity contribution in [1.82, 2.24) is 14.9 Å². The van der Waals surface area contributed by atoms with Gasteiger partial charge in [0.1, 0.15) is 0 Å². The van der Waals surface area contributed by atoms with Gasteiger partial charge in [0.15, 0.2) is 5.16 Å². The third-order valence-corrected chi connectivity index (χ3v) is 5.47. The number of carbonyl (C=O) groups is 1. The molecular formula is C15H21N3O2S. The van der Waals surface area contributed by atoms with Crippen molar-refractivity contribution in [1.29, 1.82) is 0 Å². The van der Waals surface area contributed by atoms with E-state index in [1.165, 1.54) is 31.0 Å². The maximum atomic E-state index is 12.4. The standard InChI is InChI=1S/C15H21N3O2S/c1-10-7-16-15-18(14(10)20)8-11(9-21-15)13(19)17-12-5-3-2-4-6-12/h7,11-12H,2-6,8-9H2,1H3,(H,17,19). The van der Waals surface area contributed by atoms with E-state index in [4.69, 9.17) is 0 Å². The molecule has 0 radical (unpaired) electrons. The highest BCUT2D eigenvalue weighted by atomic mass is 32.2. The van der Waals surface area contributed by atoms with E-state index in [1.807, 2.05) is 0 Å². The Hall–Kier alpha value is -1.30. The number of amides is 1. The number of carbonyl (C=O) groups excluding carboxylic acids is 1. The predicted molar refractivity (Wildman–Crippen MR) is 82.5 cm³/mol. The Morgan fingerprint density at radius 1 is 1.38 bits per heavy atom. The molecule has 0 bridgehead atoms. The van der Waals surface area contributed by atoms with Crippen LogP contribution < -0.4 is 10.9 Å². The van der Waals surface area contributed by atoms with Gasteiger partial charge in [0.25, 0.3) is 5.56 Å². The Balaban J connectivity index is 1.69. The maximum Gasteiger partial charge on any atom is 0.257 e. The monoisotopic (exact) mass is 307 g/mol. The highest BCUT2D eigenvalue weighted by molar-refractivity contribution is 7.99. The molecule has 1 aromatic heterocycles. The molecule has 6 heteroatoms. The molecule has 21 heavy (non-hydrogen) atoms. The first kappa shape index (κ1) is 14.6. The molecule has 1 atom stereocenters. The highest BCUT2D eigenvalue weighted by Crippen LogP contribution is 2.25. The van der Waals surface area contributed by atoms with Crippen LogP contribution in [-0.4, -0.2) is 27.3 Å². The lowest BCUT2D eigenvalue weighted by Crippen LogP contribution is -2.44. The van der Waals surface area contributed by atoms with Gasteiger partial charge in [-0.15, -0.1) is 0 Å². The summed E-state index contributed by atoms with van der Waals surface area (Å²) < 4.78 is 1.65. The Bertz CT molecular complexity index is 593. The van der Waals surface area contributed by atoms with Gasteiger partial charge < -0.3 is 5.32 Å². The minimum Gasteiger partial charge on any atom is -0.353 e. The van der Waals surface area contributed by atoms with E-state index in [-0.39, 0.29) is 17.4 Å². The number of hydrogen-bond acceptors (Lipinski definition) is 4. The molecule has 0 saturated heterocycles. The van der Waals surface area contributed by atoms with Gasteiger partial charge in [0, 0.05) is 30.1 Å². The van der Waals surface area contributed by atoms with Crippen LogP contribution in [0.5, 0.6) is 0 Å². The van der Waals surface area contributed by atoms with E-state index in [0.717, 1.165) is 18.0 Å². The quantitative estimate of drug-likeness (QED) is 0.845. The van der Waals surface area contributed by atoms with Gasteiger partial charge in [-0.2, -0.15) is 0 Å². The van der Waals surface area contributed by atoms with Crippen molar-refractivity contribution in [2.24, 2.45) is 5.92 Å². The first-order valence-electron chi connectivity index (χ1n) is 7.65. The summed E-state index contributed by atoms with van der Waals surface area (Å²) in [4.78, 5) is 28.8. The second-order valence-corrected chi connectivity index (χ2v) is 6.98. The third-order valence-electron chi connectivity index (χ3n) is 4.32. The first-order valence-corrected chi connectivity index (χ1v) is 8.63. The highest BCUT2D eigenvalue weighted by Gasteiger charge is 2.28. The molecule has 1 aliphatic carbocycles. The second kappa shape index (κ2) is 6.22. The van der Waals surface area contributed by atoms with Crippen LogP contribution >= 0.6 is 11.8 Å². The lowest BCUT2D eigenvalue weighted by atomic mass is 9.95. The van der Waals surface area contributed by atoms with Gasteiger partial charge >= 0.3 is 0 Å². The van der Waals surface area contributed by atoms with Crippen molar-refractivity contribution in [3.8, 4) is 0 Å². The average molecular weight is 307 g/mol. The zero-order valence-corrected chi connectivity index (χ0v) is 13.1. The fourth-order valence-corrected chi connectivity index (χ4v) is 4.07. The molecule has 1 amide bonds. The number of aromatic nitrogens is 2. The molecule has 3 rings (SSSR count). The molecule has 114 valence electrons. The smallest absolute Gasteiger partial charge is 0.257 e. The molecule has 5 nitrogen and oxygen atoms in total. The fourth-order valence-electron chi connectivity index (χ4n) is 3.03. The van der Waals surface area contributed by atoms with Crippen molar-refractivity contribution in [3.63, 3.8) is 0 Å². The van der Waals surface area contributed by atoms with E-state index < -0.39 is 0 Å². The third kappa shape index (κ3) is 3.15. The number of hydrogen-bond donors (Lipinski definition) is 1. The molecule has 1 unspecified atom stereocenters. The minimum absolute atomic E-state index is 0.0253. The predicted octanol–water partition coefficient (Wildman–Crippen LogP) is 1.72.